The van der Waals surface area contributed by atoms with E-state index in [0.29, 0.717) is 5.69 Å². The lowest BCUT2D eigenvalue weighted by molar-refractivity contribution is -0.139. The molecule has 0 fully saturated rings. The van der Waals surface area contributed by atoms with Crippen molar-refractivity contribution < 1.29 is 18.7 Å². The molecule has 1 aromatic heterocycles. The van der Waals surface area contributed by atoms with Crippen LogP contribution in [0, 0.1) is 18.6 Å². The number of halogens is 2. The van der Waals surface area contributed by atoms with Crippen molar-refractivity contribution in [1.82, 2.24) is 9.55 Å². The molecule has 1 heterocycles. The van der Waals surface area contributed by atoms with Gasteiger partial charge < -0.3 is 9.67 Å². The van der Waals surface area contributed by atoms with Crippen molar-refractivity contribution in [3.63, 3.8) is 0 Å². The van der Waals surface area contributed by atoms with Gasteiger partial charge in [-0.25, -0.2) is 18.6 Å². The highest BCUT2D eigenvalue weighted by molar-refractivity contribution is 5.76. The third-order valence-electron chi connectivity index (χ3n) is 2.52. The molecule has 94 valence electrons. The summed E-state index contributed by atoms with van der Waals surface area (Å²) in [5, 5.41) is 9.18. The molecule has 1 atom stereocenters. The smallest absolute Gasteiger partial charge is 0.331 e. The van der Waals surface area contributed by atoms with E-state index >= 15 is 0 Å². The van der Waals surface area contributed by atoms with Crippen LogP contribution in [0.1, 0.15) is 17.3 Å². The summed E-state index contributed by atoms with van der Waals surface area (Å²) in [6.45, 7) is 1.71. The van der Waals surface area contributed by atoms with E-state index in [-0.39, 0.29) is 5.56 Å². The van der Waals surface area contributed by atoms with Gasteiger partial charge in [-0.2, -0.15) is 0 Å². The van der Waals surface area contributed by atoms with E-state index in [1.807, 2.05) is 0 Å². The largest absolute Gasteiger partial charge is 0.479 e. The van der Waals surface area contributed by atoms with Crippen molar-refractivity contribution in [1.29, 1.82) is 0 Å². The van der Waals surface area contributed by atoms with Crippen molar-refractivity contribution in [2.75, 3.05) is 0 Å². The van der Waals surface area contributed by atoms with Crippen LogP contribution >= 0.6 is 0 Å². The molecule has 0 aliphatic rings. The van der Waals surface area contributed by atoms with E-state index in [1.54, 1.807) is 6.92 Å². The Morgan fingerprint density at radius 3 is 2.61 bits per heavy atom. The fraction of sp³-hybridized carbons (Fsp3) is 0.167. The Bertz CT molecular complexity index is 596. The maximum atomic E-state index is 13.1. The molecule has 0 bridgehead atoms. The van der Waals surface area contributed by atoms with E-state index in [4.69, 9.17) is 0 Å². The van der Waals surface area contributed by atoms with Crippen LogP contribution in [0.2, 0.25) is 0 Å². The zero-order valence-electron chi connectivity index (χ0n) is 9.47. The van der Waals surface area contributed by atoms with Crippen molar-refractivity contribution in [3.8, 4) is 0 Å². The Balaban J connectivity index is 2.48. The minimum Gasteiger partial charge on any atom is -0.479 e. The number of carboxylic acid groups (broad SMARTS) is 1. The summed E-state index contributed by atoms with van der Waals surface area (Å²) >= 11 is 0. The molecule has 4 nitrogen and oxygen atoms in total. The molecule has 0 spiro atoms. The first-order valence-corrected chi connectivity index (χ1v) is 5.17. The molecule has 1 N–H and O–H groups in total. The number of aromatic nitrogens is 2. The Hall–Kier alpha value is -2.24. The molecule has 0 amide bonds. The highest BCUT2D eigenvalue weighted by Crippen LogP contribution is 2.21. The first kappa shape index (κ1) is 12.2. The second-order valence-corrected chi connectivity index (χ2v) is 3.88. The minimum atomic E-state index is -1.17. The summed E-state index contributed by atoms with van der Waals surface area (Å²) in [6.07, 6.45) is 2.87. The van der Waals surface area contributed by atoms with Crippen LogP contribution in [0.3, 0.4) is 0 Å². The molecule has 0 aliphatic carbocycles. The number of carboxylic acids is 1. The van der Waals surface area contributed by atoms with Crippen LogP contribution in [0.4, 0.5) is 8.78 Å². The number of aryl methyl sites for hydroxylation is 1. The van der Waals surface area contributed by atoms with Crippen molar-refractivity contribution in [3.05, 3.63) is 53.6 Å². The monoisotopic (exact) mass is 252 g/mol. The summed E-state index contributed by atoms with van der Waals surface area (Å²) in [7, 11) is 0. The lowest BCUT2D eigenvalue weighted by Crippen LogP contribution is -2.19. The average molecular weight is 252 g/mol. The van der Waals surface area contributed by atoms with E-state index < -0.39 is 23.6 Å². The van der Waals surface area contributed by atoms with Gasteiger partial charge in [-0.15, -0.1) is 0 Å². The standard InChI is InChI=1S/C12H10F2N2O2/c1-7-5-16(6-15-7)11(12(17)18)8-2-3-9(13)10(14)4-8/h2-6,11H,1H3,(H,17,18). The van der Waals surface area contributed by atoms with Gasteiger partial charge in [-0.05, 0) is 24.6 Å². The summed E-state index contributed by atoms with van der Waals surface area (Å²) in [4.78, 5) is 15.2. The predicted octanol–water partition coefficient (Wildman–Crippen LogP) is 2.14. The fourth-order valence-corrected chi connectivity index (χ4v) is 1.71. The Labute approximate surface area is 102 Å². The van der Waals surface area contributed by atoms with Gasteiger partial charge in [0, 0.05) is 6.20 Å². The minimum absolute atomic E-state index is 0.152. The Morgan fingerprint density at radius 1 is 1.39 bits per heavy atom. The lowest BCUT2D eigenvalue weighted by atomic mass is 10.1. The number of benzene rings is 1. The topological polar surface area (TPSA) is 55.1 Å². The first-order chi connectivity index (χ1) is 8.49. The number of rotatable bonds is 3. The van der Waals surface area contributed by atoms with E-state index in [9.17, 15) is 18.7 Å². The predicted molar refractivity (Wildman–Crippen MR) is 59.1 cm³/mol. The first-order valence-electron chi connectivity index (χ1n) is 5.17. The van der Waals surface area contributed by atoms with Gasteiger partial charge >= 0.3 is 5.97 Å². The summed E-state index contributed by atoms with van der Waals surface area (Å²) in [5.74, 6) is -3.25. The second kappa shape index (κ2) is 4.56. The number of carbonyl (C=O) groups is 1. The van der Waals surface area contributed by atoms with Gasteiger partial charge in [-0.1, -0.05) is 6.07 Å². The van der Waals surface area contributed by atoms with Crippen LogP contribution in [0.5, 0.6) is 0 Å². The van der Waals surface area contributed by atoms with Gasteiger partial charge in [0.1, 0.15) is 0 Å². The highest BCUT2D eigenvalue weighted by atomic mass is 19.2. The van der Waals surface area contributed by atoms with Gasteiger partial charge in [0.25, 0.3) is 0 Å². The quantitative estimate of drug-likeness (QED) is 0.910. The van der Waals surface area contributed by atoms with Crippen LogP contribution in [0.25, 0.3) is 0 Å². The molecule has 1 unspecified atom stereocenters. The Morgan fingerprint density at radius 2 is 2.11 bits per heavy atom. The van der Waals surface area contributed by atoms with E-state index in [1.165, 1.54) is 23.2 Å². The highest BCUT2D eigenvalue weighted by Gasteiger charge is 2.23. The van der Waals surface area contributed by atoms with Crippen LogP contribution in [-0.4, -0.2) is 20.6 Å². The van der Waals surface area contributed by atoms with Crippen molar-refractivity contribution in [2.24, 2.45) is 0 Å². The molecule has 6 heteroatoms. The molecule has 0 aliphatic heterocycles. The van der Waals surface area contributed by atoms with E-state index in [0.717, 1.165) is 12.1 Å². The summed E-state index contributed by atoms with van der Waals surface area (Å²) in [5.41, 5.74) is 0.794. The molecular weight excluding hydrogens is 242 g/mol. The van der Waals surface area contributed by atoms with E-state index in [2.05, 4.69) is 4.98 Å². The third kappa shape index (κ3) is 2.22. The van der Waals surface area contributed by atoms with Gasteiger partial charge in [0.05, 0.1) is 12.0 Å². The van der Waals surface area contributed by atoms with Gasteiger partial charge in [0.2, 0.25) is 0 Å². The molecule has 18 heavy (non-hydrogen) atoms. The maximum Gasteiger partial charge on any atom is 0.331 e. The van der Waals surface area contributed by atoms with Gasteiger partial charge in [0.15, 0.2) is 17.7 Å². The van der Waals surface area contributed by atoms with Crippen molar-refractivity contribution in [2.45, 2.75) is 13.0 Å². The Kier molecular flexibility index (Phi) is 3.10. The zero-order valence-corrected chi connectivity index (χ0v) is 9.47. The summed E-state index contributed by atoms with van der Waals surface area (Å²) in [6, 6.07) is 1.90. The number of hydrogen-bond donors (Lipinski definition) is 1. The molecule has 1 aromatic carbocycles. The number of hydrogen-bond acceptors (Lipinski definition) is 2. The van der Waals surface area contributed by atoms with Crippen LogP contribution in [0.15, 0.2) is 30.7 Å². The molecule has 0 saturated heterocycles. The summed E-state index contributed by atoms with van der Waals surface area (Å²) < 4.78 is 27.3. The van der Waals surface area contributed by atoms with Gasteiger partial charge in [-0.3, -0.25) is 0 Å². The number of imidazole rings is 1. The average Bonchev–Trinajstić information content (AvgIpc) is 2.70. The SMILES string of the molecule is Cc1cn(C(C(=O)O)c2ccc(F)c(F)c2)cn1. The molecule has 0 saturated carbocycles. The molecular formula is C12H10F2N2O2. The maximum absolute atomic E-state index is 13.1. The molecule has 2 rings (SSSR count). The van der Waals surface area contributed by atoms with Crippen molar-refractivity contribution >= 4 is 5.97 Å². The number of nitrogens with zero attached hydrogens (tertiary/aromatic N) is 2. The fourth-order valence-electron chi connectivity index (χ4n) is 1.71. The third-order valence-corrected chi connectivity index (χ3v) is 2.52. The normalized spacial score (nSPS) is 12.4. The van der Waals surface area contributed by atoms with Crippen LogP contribution in [-0.2, 0) is 4.79 Å². The number of aliphatic carboxylic acids is 1. The second-order valence-electron chi connectivity index (χ2n) is 3.88. The molecule has 2 aromatic rings. The van der Waals surface area contributed by atoms with Crippen LogP contribution < -0.4 is 0 Å². The lowest BCUT2D eigenvalue weighted by Gasteiger charge is -2.14. The zero-order chi connectivity index (χ0) is 13.3. The molecule has 0 radical (unpaired) electrons.